The minimum absolute atomic E-state index is 0.123. The number of benzene rings is 2. The third kappa shape index (κ3) is 2.55. The molecular weight excluding hydrogens is 302 g/mol. The van der Waals surface area contributed by atoms with Crippen molar-refractivity contribution in [2.45, 2.75) is 13.2 Å². The van der Waals surface area contributed by atoms with Gasteiger partial charge >= 0.3 is 0 Å². The third-order valence-corrected chi connectivity index (χ3v) is 3.99. The zero-order chi connectivity index (χ0) is 16.5. The summed E-state index contributed by atoms with van der Waals surface area (Å²) in [7, 11) is 0. The number of aromatic nitrogens is 2. The second-order valence-corrected chi connectivity index (χ2v) is 5.69. The van der Waals surface area contributed by atoms with Crippen LogP contribution in [-0.2, 0) is 13.2 Å². The van der Waals surface area contributed by atoms with Crippen LogP contribution in [0.15, 0.2) is 65.1 Å². The number of furan rings is 1. The average molecular weight is 319 g/mol. The first-order valence-corrected chi connectivity index (χ1v) is 7.74. The molecule has 0 saturated carbocycles. The standard InChI is InChI=1S/C19H17N3O2/c20-14-5-3-4-13(10-14)11-22-17-7-2-1-6-16(17)19(21-22)18-9-8-15(12-23)24-18/h1-10,23H,11-12,20H2. The highest BCUT2D eigenvalue weighted by Crippen LogP contribution is 2.29. The third-order valence-electron chi connectivity index (χ3n) is 3.99. The van der Waals surface area contributed by atoms with Crippen LogP contribution in [0.2, 0.25) is 0 Å². The van der Waals surface area contributed by atoms with Gasteiger partial charge in [-0.05, 0) is 35.9 Å². The predicted molar refractivity (Wildman–Crippen MR) is 93.3 cm³/mol. The zero-order valence-electron chi connectivity index (χ0n) is 13.0. The molecular formula is C19H17N3O2. The topological polar surface area (TPSA) is 77.2 Å². The molecule has 0 unspecified atom stereocenters. The van der Waals surface area contributed by atoms with E-state index in [1.807, 2.05) is 59.3 Å². The maximum absolute atomic E-state index is 9.21. The quantitative estimate of drug-likeness (QED) is 0.565. The van der Waals surface area contributed by atoms with Gasteiger partial charge in [-0.3, -0.25) is 4.68 Å². The first-order valence-electron chi connectivity index (χ1n) is 7.74. The van der Waals surface area contributed by atoms with Gasteiger partial charge in [0.05, 0.1) is 12.1 Å². The summed E-state index contributed by atoms with van der Waals surface area (Å²) in [6.45, 7) is 0.501. The predicted octanol–water partition coefficient (Wildman–Crippen LogP) is 3.42. The molecule has 2 aromatic heterocycles. The number of aliphatic hydroxyl groups excluding tert-OH is 1. The van der Waals surface area contributed by atoms with Crippen LogP contribution in [-0.4, -0.2) is 14.9 Å². The lowest BCUT2D eigenvalue weighted by molar-refractivity contribution is 0.248. The molecule has 0 fully saturated rings. The molecule has 4 aromatic rings. The van der Waals surface area contributed by atoms with E-state index in [9.17, 15) is 5.11 Å². The summed E-state index contributed by atoms with van der Waals surface area (Å²) in [5.41, 5.74) is 9.50. The second-order valence-electron chi connectivity index (χ2n) is 5.69. The summed E-state index contributed by atoms with van der Waals surface area (Å²) in [5, 5.41) is 15.0. The van der Waals surface area contributed by atoms with E-state index in [1.165, 1.54) is 0 Å². The van der Waals surface area contributed by atoms with Gasteiger partial charge in [0.25, 0.3) is 0 Å². The molecule has 0 aliphatic carbocycles. The SMILES string of the molecule is Nc1cccc(Cn2nc(-c3ccc(CO)o3)c3ccccc32)c1. The molecule has 2 aromatic carbocycles. The molecule has 4 rings (SSSR count). The maximum atomic E-state index is 9.21. The molecule has 0 radical (unpaired) electrons. The highest BCUT2D eigenvalue weighted by atomic mass is 16.4. The summed E-state index contributed by atoms with van der Waals surface area (Å²) >= 11 is 0. The molecule has 120 valence electrons. The van der Waals surface area contributed by atoms with E-state index in [2.05, 4.69) is 0 Å². The van der Waals surface area contributed by atoms with Gasteiger partial charge in [-0.25, -0.2) is 0 Å². The molecule has 0 spiro atoms. The maximum Gasteiger partial charge on any atom is 0.155 e. The number of nitrogens with zero attached hydrogens (tertiary/aromatic N) is 2. The van der Waals surface area contributed by atoms with Gasteiger partial charge in [-0.2, -0.15) is 5.10 Å². The van der Waals surface area contributed by atoms with Gasteiger partial charge in [0.1, 0.15) is 18.1 Å². The van der Waals surface area contributed by atoms with Crippen molar-refractivity contribution in [1.82, 2.24) is 9.78 Å². The number of fused-ring (bicyclic) bond motifs is 1. The zero-order valence-corrected chi connectivity index (χ0v) is 13.0. The van der Waals surface area contributed by atoms with Gasteiger partial charge in [0.2, 0.25) is 0 Å². The van der Waals surface area contributed by atoms with Crippen LogP contribution in [0.4, 0.5) is 5.69 Å². The van der Waals surface area contributed by atoms with E-state index < -0.39 is 0 Å². The van der Waals surface area contributed by atoms with Gasteiger partial charge in [0, 0.05) is 11.1 Å². The lowest BCUT2D eigenvalue weighted by Gasteiger charge is -2.04. The number of nitrogen functional groups attached to an aromatic ring is 1. The van der Waals surface area contributed by atoms with E-state index in [0.29, 0.717) is 18.1 Å². The van der Waals surface area contributed by atoms with Crippen LogP contribution in [0.25, 0.3) is 22.4 Å². The van der Waals surface area contributed by atoms with E-state index in [-0.39, 0.29) is 6.61 Å². The number of hydrogen-bond acceptors (Lipinski definition) is 4. The van der Waals surface area contributed by atoms with Crippen molar-refractivity contribution < 1.29 is 9.52 Å². The molecule has 24 heavy (non-hydrogen) atoms. The van der Waals surface area contributed by atoms with Gasteiger partial charge in [-0.1, -0.05) is 30.3 Å². The molecule has 0 aliphatic heterocycles. The number of nitrogens with two attached hydrogens (primary N) is 1. The Balaban J connectivity index is 1.82. The molecule has 2 heterocycles. The van der Waals surface area contributed by atoms with Gasteiger partial charge in [0.15, 0.2) is 5.76 Å². The van der Waals surface area contributed by atoms with Crippen molar-refractivity contribution in [2.24, 2.45) is 0 Å². The Hall–Kier alpha value is -3.05. The molecule has 0 atom stereocenters. The summed E-state index contributed by atoms with van der Waals surface area (Å²) in [5.74, 6) is 1.18. The lowest BCUT2D eigenvalue weighted by Crippen LogP contribution is -2.02. The monoisotopic (exact) mass is 319 g/mol. The molecule has 0 saturated heterocycles. The van der Waals surface area contributed by atoms with Crippen LogP contribution in [0, 0.1) is 0 Å². The summed E-state index contributed by atoms with van der Waals surface area (Å²) in [4.78, 5) is 0. The molecule has 0 amide bonds. The van der Waals surface area contributed by atoms with Crippen LogP contribution in [0.5, 0.6) is 0 Å². The van der Waals surface area contributed by atoms with E-state index in [1.54, 1.807) is 6.07 Å². The first-order chi connectivity index (χ1) is 11.7. The normalized spacial score (nSPS) is 11.2. The molecule has 5 nitrogen and oxygen atoms in total. The number of rotatable bonds is 4. The van der Waals surface area contributed by atoms with Crippen molar-refractivity contribution >= 4 is 16.6 Å². The Bertz CT molecular complexity index is 1000. The lowest BCUT2D eigenvalue weighted by atomic mass is 10.1. The number of anilines is 1. The Morgan fingerprint density at radius 1 is 1.04 bits per heavy atom. The Morgan fingerprint density at radius 2 is 1.92 bits per heavy atom. The van der Waals surface area contributed by atoms with Crippen molar-refractivity contribution in [3.8, 4) is 11.5 Å². The summed E-state index contributed by atoms with van der Waals surface area (Å²) in [6.07, 6.45) is 0. The fourth-order valence-corrected chi connectivity index (χ4v) is 2.88. The fraction of sp³-hybridized carbons (Fsp3) is 0.105. The van der Waals surface area contributed by atoms with E-state index in [0.717, 1.165) is 27.8 Å². The highest BCUT2D eigenvalue weighted by Gasteiger charge is 2.15. The minimum atomic E-state index is -0.123. The first kappa shape index (κ1) is 14.5. The van der Waals surface area contributed by atoms with Crippen molar-refractivity contribution in [3.63, 3.8) is 0 Å². The smallest absolute Gasteiger partial charge is 0.155 e. The van der Waals surface area contributed by atoms with Crippen LogP contribution < -0.4 is 5.73 Å². The highest BCUT2D eigenvalue weighted by molar-refractivity contribution is 5.92. The van der Waals surface area contributed by atoms with Crippen LogP contribution in [0.1, 0.15) is 11.3 Å². The Kier molecular flexibility index (Phi) is 3.55. The number of aliphatic hydroxyl groups is 1. The van der Waals surface area contributed by atoms with Crippen molar-refractivity contribution in [3.05, 3.63) is 72.0 Å². The Labute approximate surface area is 138 Å². The average Bonchev–Trinajstić information content (AvgIpc) is 3.20. The van der Waals surface area contributed by atoms with Crippen molar-refractivity contribution in [2.75, 3.05) is 5.73 Å². The van der Waals surface area contributed by atoms with Gasteiger partial charge in [-0.15, -0.1) is 0 Å². The van der Waals surface area contributed by atoms with E-state index >= 15 is 0 Å². The summed E-state index contributed by atoms with van der Waals surface area (Å²) < 4.78 is 7.61. The molecule has 0 aliphatic rings. The number of para-hydroxylation sites is 1. The minimum Gasteiger partial charge on any atom is -0.457 e. The van der Waals surface area contributed by atoms with Crippen molar-refractivity contribution in [1.29, 1.82) is 0 Å². The fourth-order valence-electron chi connectivity index (χ4n) is 2.88. The van der Waals surface area contributed by atoms with Crippen LogP contribution >= 0.6 is 0 Å². The summed E-state index contributed by atoms with van der Waals surface area (Å²) in [6, 6.07) is 19.4. The molecule has 5 heteroatoms. The number of hydrogen-bond donors (Lipinski definition) is 2. The van der Waals surface area contributed by atoms with E-state index in [4.69, 9.17) is 15.2 Å². The van der Waals surface area contributed by atoms with Crippen LogP contribution in [0.3, 0.4) is 0 Å². The molecule has 3 N–H and O–H groups in total. The molecule has 0 bridgehead atoms. The largest absolute Gasteiger partial charge is 0.457 e. The Morgan fingerprint density at radius 3 is 2.71 bits per heavy atom. The second kappa shape index (κ2) is 5.86. The van der Waals surface area contributed by atoms with Gasteiger partial charge < -0.3 is 15.3 Å².